The van der Waals surface area contributed by atoms with Crippen molar-refractivity contribution in [2.75, 3.05) is 7.05 Å². The van der Waals surface area contributed by atoms with Crippen LogP contribution < -0.4 is 0 Å². The maximum atomic E-state index is 13.1. The first-order valence-corrected chi connectivity index (χ1v) is 9.99. The molecule has 0 bridgehead atoms. The molecule has 28 heavy (non-hydrogen) atoms. The molecule has 1 amide bonds. The molecule has 0 fully saturated rings. The number of amides is 1. The molecule has 0 unspecified atom stereocenters. The normalized spacial score (nSPS) is 12.5. The van der Waals surface area contributed by atoms with E-state index in [0.717, 1.165) is 28.0 Å². The summed E-state index contributed by atoms with van der Waals surface area (Å²) in [4.78, 5) is 26.9. The standard InChI is InChI=1S/C20H24N4O3S/c1-12(2)11-23-20-17(13(3)21-23)10-18(28-20)19(25)22(5)14(4)15-7-6-8-16(9-15)24(26)27/h6-10,12,14H,11H2,1-5H3/t14-/m1/s1. The van der Waals surface area contributed by atoms with Crippen molar-refractivity contribution in [1.29, 1.82) is 0 Å². The Balaban J connectivity index is 1.88. The topological polar surface area (TPSA) is 81.3 Å². The number of aryl methyl sites for hydroxylation is 1. The van der Waals surface area contributed by atoms with Gasteiger partial charge < -0.3 is 4.90 Å². The molecule has 0 aliphatic rings. The van der Waals surface area contributed by atoms with E-state index in [1.165, 1.54) is 23.5 Å². The Morgan fingerprint density at radius 2 is 2.04 bits per heavy atom. The molecule has 0 spiro atoms. The fourth-order valence-electron chi connectivity index (χ4n) is 3.16. The van der Waals surface area contributed by atoms with Crippen LogP contribution in [0.5, 0.6) is 0 Å². The lowest BCUT2D eigenvalue weighted by molar-refractivity contribution is -0.384. The number of nitro groups is 1. The van der Waals surface area contributed by atoms with Crippen molar-refractivity contribution in [2.24, 2.45) is 5.92 Å². The largest absolute Gasteiger partial charge is 0.334 e. The minimum atomic E-state index is -0.423. The van der Waals surface area contributed by atoms with Crippen molar-refractivity contribution in [3.8, 4) is 0 Å². The highest BCUT2D eigenvalue weighted by Crippen LogP contribution is 2.31. The van der Waals surface area contributed by atoms with Gasteiger partial charge in [0.15, 0.2) is 0 Å². The second kappa shape index (κ2) is 7.71. The molecule has 2 aromatic heterocycles. The molecular weight excluding hydrogens is 376 g/mol. The van der Waals surface area contributed by atoms with Crippen molar-refractivity contribution in [3.05, 3.63) is 56.6 Å². The fourth-order valence-corrected chi connectivity index (χ4v) is 4.31. The number of carbonyl (C=O) groups is 1. The van der Waals surface area contributed by atoms with Gasteiger partial charge in [0.1, 0.15) is 4.83 Å². The second-order valence-corrected chi connectivity index (χ2v) is 8.47. The van der Waals surface area contributed by atoms with Crippen LogP contribution in [0.2, 0.25) is 0 Å². The monoisotopic (exact) mass is 400 g/mol. The van der Waals surface area contributed by atoms with Gasteiger partial charge in [0, 0.05) is 31.1 Å². The number of hydrogen-bond donors (Lipinski definition) is 0. The maximum absolute atomic E-state index is 13.1. The Hall–Kier alpha value is -2.74. The number of benzene rings is 1. The van der Waals surface area contributed by atoms with Crippen molar-refractivity contribution in [2.45, 2.75) is 40.3 Å². The lowest BCUT2D eigenvalue weighted by atomic mass is 10.1. The lowest BCUT2D eigenvalue weighted by Gasteiger charge is -2.24. The molecular formula is C20H24N4O3S. The average molecular weight is 401 g/mol. The van der Waals surface area contributed by atoms with Gasteiger partial charge in [0.2, 0.25) is 0 Å². The number of carbonyl (C=O) groups excluding carboxylic acids is 1. The summed E-state index contributed by atoms with van der Waals surface area (Å²) in [6.07, 6.45) is 0. The van der Waals surface area contributed by atoms with Gasteiger partial charge in [-0.15, -0.1) is 11.3 Å². The van der Waals surface area contributed by atoms with Crippen LogP contribution in [-0.4, -0.2) is 32.6 Å². The number of non-ortho nitro benzene ring substituents is 1. The Morgan fingerprint density at radius 3 is 2.68 bits per heavy atom. The van der Waals surface area contributed by atoms with Crippen molar-refractivity contribution < 1.29 is 9.72 Å². The van der Waals surface area contributed by atoms with Crippen molar-refractivity contribution in [1.82, 2.24) is 14.7 Å². The van der Waals surface area contributed by atoms with Crippen LogP contribution >= 0.6 is 11.3 Å². The van der Waals surface area contributed by atoms with E-state index in [0.29, 0.717) is 10.8 Å². The maximum Gasteiger partial charge on any atom is 0.269 e. The molecule has 3 aromatic rings. The molecule has 1 aromatic carbocycles. The van der Waals surface area contributed by atoms with Crippen LogP contribution in [0.25, 0.3) is 10.2 Å². The van der Waals surface area contributed by atoms with E-state index in [-0.39, 0.29) is 17.6 Å². The fraction of sp³-hybridized carbons (Fsp3) is 0.400. The van der Waals surface area contributed by atoms with Crippen LogP contribution in [0.3, 0.4) is 0 Å². The predicted molar refractivity (Wildman–Crippen MR) is 111 cm³/mol. The third kappa shape index (κ3) is 3.77. The summed E-state index contributed by atoms with van der Waals surface area (Å²) in [6.45, 7) is 8.90. The van der Waals surface area contributed by atoms with Gasteiger partial charge in [0.25, 0.3) is 11.6 Å². The summed E-state index contributed by atoms with van der Waals surface area (Å²) in [7, 11) is 1.73. The number of hydrogen-bond acceptors (Lipinski definition) is 5. The van der Waals surface area contributed by atoms with Gasteiger partial charge in [-0.2, -0.15) is 5.10 Å². The van der Waals surface area contributed by atoms with Gasteiger partial charge in [-0.05, 0) is 31.4 Å². The molecule has 1 atom stereocenters. The van der Waals surface area contributed by atoms with Crippen LogP contribution in [0.4, 0.5) is 5.69 Å². The van der Waals surface area contributed by atoms with E-state index in [4.69, 9.17) is 0 Å². The van der Waals surface area contributed by atoms with Gasteiger partial charge in [-0.25, -0.2) is 0 Å². The Bertz CT molecular complexity index is 1040. The Morgan fingerprint density at radius 1 is 1.32 bits per heavy atom. The summed E-state index contributed by atoms with van der Waals surface area (Å²) >= 11 is 1.44. The van der Waals surface area contributed by atoms with Gasteiger partial charge in [-0.3, -0.25) is 19.6 Å². The summed E-state index contributed by atoms with van der Waals surface area (Å²) in [6, 6.07) is 8.03. The third-order valence-corrected chi connectivity index (χ3v) is 5.96. The quantitative estimate of drug-likeness (QED) is 0.439. The number of thiophene rings is 1. The highest BCUT2D eigenvalue weighted by molar-refractivity contribution is 7.20. The van der Waals surface area contributed by atoms with Gasteiger partial charge in [0.05, 0.1) is 21.5 Å². The smallest absolute Gasteiger partial charge is 0.269 e. The molecule has 148 valence electrons. The highest BCUT2D eigenvalue weighted by Gasteiger charge is 2.24. The van der Waals surface area contributed by atoms with Crippen molar-refractivity contribution in [3.63, 3.8) is 0 Å². The van der Waals surface area contributed by atoms with Crippen LogP contribution in [0.15, 0.2) is 30.3 Å². The second-order valence-electron chi connectivity index (χ2n) is 7.43. The van der Waals surface area contributed by atoms with E-state index in [1.807, 2.05) is 24.6 Å². The first-order chi connectivity index (χ1) is 13.2. The summed E-state index contributed by atoms with van der Waals surface area (Å²) < 4.78 is 1.97. The van der Waals surface area contributed by atoms with Crippen LogP contribution in [0, 0.1) is 23.0 Å². The molecule has 7 nitrogen and oxygen atoms in total. The highest BCUT2D eigenvalue weighted by atomic mass is 32.1. The SMILES string of the molecule is Cc1nn(CC(C)C)c2sc(C(=O)N(C)[C@H](C)c3cccc([N+](=O)[O-])c3)cc12. The Kier molecular flexibility index (Phi) is 5.51. The molecule has 0 aliphatic carbocycles. The van der Waals surface area contributed by atoms with Gasteiger partial charge >= 0.3 is 0 Å². The van der Waals surface area contributed by atoms with E-state index in [2.05, 4.69) is 18.9 Å². The molecule has 0 saturated heterocycles. The Labute approximate surface area is 167 Å². The first-order valence-electron chi connectivity index (χ1n) is 9.17. The molecule has 0 radical (unpaired) electrons. The molecule has 8 heteroatoms. The van der Waals surface area contributed by atoms with Crippen LogP contribution in [0.1, 0.15) is 47.7 Å². The van der Waals surface area contributed by atoms with Crippen LogP contribution in [-0.2, 0) is 6.54 Å². The number of nitrogens with zero attached hydrogens (tertiary/aromatic N) is 4. The van der Waals surface area contributed by atoms with E-state index >= 15 is 0 Å². The average Bonchev–Trinajstić information content (AvgIpc) is 3.21. The zero-order chi connectivity index (χ0) is 20.6. The molecule has 0 N–H and O–H groups in total. The molecule has 2 heterocycles. The van der Waals surface area contributed by atoms with E-state index in [9.17, 15) is 14.9 Å². The van der Waals surface area contributed by atoms with Crippen molar-refractivity contribution >= 4 is 33.1 Å². The number of aromatic nitrogens is 2. The van der Waals surface area contributed by atoms with E-state index < -0.39 is 4.92 Å². The van der Waals surface area contributed by atoms with Gasteiger partial charge in [-0.1, -0.05) is 26.0 Å². The number of fused-ring (bicyclic) bond motifs is 1. The third-order valence-electron chi connectivity index (χ3n) is 4.82. The summed E-state index contributed by atoms with van der Waals surface area (Å²) in [5.41, 5.74) is 1.67. The van der Waals surface area contributed by atoms with E-state index in [1.54, 1.807) is 24.1 Å². The summed E-state index contributed by atoms with van der Waals surface area (Å²) in [5, 5.41) is 16.6. The minimum Gasteiger partial charge on any atom is -0.334 e. The zero-order valence-electron chi connectivity index (χ0n) is 16.7. The number of nitro benzene ring substituents is 1. The molecule has 0 saturated carbocycles. The minimum absolute atomic E-state index is 0.0245. The number of rotatable bonds is 6. The molecule has 3 rings (SSSR count). The predicted octanol–water partition coefficient (Wildman–Crippen LogP) is 4.80. The summed E-state index contributed by atoms with van der Waals surface area (Å²) in [5.74, 6) is 0.357. The lowest BCUT2D eigenvalue weighted by Crippen LogP contribution is -2.29. The molecule has 0 aliphatic heterocycles. The zero-order valence-corrected chi connectivity index (χ0v) is 17.5. The first kappa shape index (κ1) is 20.0.